The van der Waals surface area contributed by atoms with E-state index < -0.39 is 17.4 Å². The first kappa shape index (κ1) is 14.5. The molecule has 0 aliphatic carbocycles. The predicted octanol–water partition coefficient (Wildman–Crippen LogP) is -0.712. The minimum absolute atomic E-state index is 0.0752. The molecule has 0 saturated carbocycles. The number of aromatic nitrogens is 2. The fourth-order valence-electron chi connectivity index (χ4n) is 2.50. The smallest absolute Gasteiger partial charge is 0.325 e. The summed E-state index contributed by atoms with van der Waals surface area (Å²) in [5, 5.41) is 9.54. The molecule has 1 aromatic rings. The van der Waals surface area contributed by atoms with Crippen molar-refractivity contribution in [3.05, 3.63) is 32.1 Å². The lowest BCUT2D eigenvalue weighted by Gasteiger charge is -2.30. The zero-order valence-corrected chi connectivity index (χ0v) is 11.4. The van der Waals surface area contributed by atoms with E-state index in [0.717, 1.165) is 12.8 Å². The molecule has 2 heterocycles. The van der Waals surface area contributed by atoms with Gasteiger partial charge in [-0.1, -0.05) is 0 Å². The molecule has 2 rings (SSSR count). The molecule has 1 atom stereocenters. The number of hydrogen-bond acceptors (Lipinski definition) is 4. The standard InChI is InChI=1S/C13H19N3O4/c1-8-10(12(19)15-13(20)14-8)4-5-11(18)16-6-2-3-9(17)7-16/h9,17H,2-7H2,1H3,(H2,14,15,19,20). The summed E-state index contributed by atoms with van der Waals surface area (Å²) in [6.07, 6.45) is 1.55. The highest BCUT2D eigenvalue weighted by molar-refractivity contribution is 5.76. The monoisotopic (exact) mass is 281 g/mol. The zero-order valence-electron chi connectivity index (χ0n) is 11.4. The van der Waals surface area contributed by atoms with E-state index >= 15 is 0 Å². The van der Waals surface area contributed by atoms with Crippen molar-refractivity contribution in [2.45, 2.75) is 38.7 Å². The quantitative estimate of drug-likeness (QED) is 0.680. The van der Waals surface area contributed by atoms with Crippen LogP contribution in [0.4, 0.5) is 0 Å². The number of likely N-dealkylation sites (tertiary alicyclic amines) is 1. The second-order valence-corrected chi connectivity index (χ2v) is 5.15. The summed E-state index contributed by atoms with van der Waals surface area (Å²) in [7, 11) is 0. The zero-order chi connectivity index (χ0) is 14.7. The van der Waals surface area contributed by atoms with Gasteiger partial charge in [0.2, 0.25) is 5.91 Å². The highest BCUT2D eigenvalue weighted by Crippen LogP contribution is 2.12. The molecule has 1 amide bonds. The van der Waals surface area contributed by atoms with Crippen LogP contribution in [-0.2, 0) is 11.2 Å². The summed E-state index contributed by atoms with van der Waals surface area (Å²) in [6.45, 7) is 2.65. The minimum Gasteiger partial charge on any atom is -0.391 e. The van der Waals surface area contributed by atoms with Gasteiger partial charge in [-0.15, -0.1) is 0 Å². The lowest BCUT2D eigenvalue weighted by Crippen LogP contribution is -2.42. The molecule has 7 nitrogen and oxygen atoms in total. The van der Waals surface area contributed by atoms with Gasteiger partial charge in [0.15, 0.2) is 0 Å². The van der Waals surface area contributed by atoms with Gasteiger partial charge in [0.1, 0.15) is 0 Å². The number of aliphatic hydroxyl groups is 1. The summed E-state index contributed by atoms with van der Waals surface area (Å²) in [5.41, 5.74) is -0.0693. The molecular weight excluding hydrogens is 262 g/mol. The van der Waals surface area contributed by atoms with Crippen LogP contribution in [0.2, 0.25) is 0 Å². The van der Waals surface area contributed by atoms with Crippen LogP contribution in [0.5, 0.6) is 0 Å². The Balaban J connectivity index is 2.00. The number of aromatic amines is 2. The summed E-state index contributed by atoms with van der Waals surface area (Å²) >= 11 is 0. The van der Waals surface area contributed by atoms with Gasteiger partial charge in [-0.2, -0.15) is 0 Å². The topological polar surface area (TPSA) is 106 Å². The summed E-state index contributed by atoms with van der Waals surface area (Å²) < 4.78 is 0. The summed E-state index contributed by atoms with van der Waals surface area (Å²) in [4.78, 5) is 41.1. The Morgan fingerprint density at radius 3 is 2.80 bits per heavy atom. The van der Waals surface area contributed by atoms with Crippen LogP contribution in [0.15, 0.2) is 9.59 Å². The van der Waals surface area contributed by atoms with Crippen LogP contribution in [0.1, 0.15) is 30.5 Å². The Morgan fingerprint density at radius 2 is 2.15 bits per heavy atom. The van der Waals surface area contributed by atoms with Crippen LogP contribution < -0.4 is 11.2 Å². The van der Waals surface area contributed by atoms with Gasteiger partial charge in [-0.3, -0.25) is 14.6 Å². The number of carbonyl (C=O) groups excluding carboxylic acids is 1. The SMILES string of the molecule is Cc1[nH]c(=O)[nH]c(=O)c1CCC(=O)N1CCCC(O)C1. The molecule has 1 unspecified atom stereocenters. The Hall–Kier alpha value is -1.89. The van der Waals surface area contributed by atoms with Gasteiger partial charge in [0, 0.05) is 30.8 Å². The number of aryl methyl sites for hydroxylation is 1. The van der Waals surface area contributed by atoms with Crippen molar-refractivity contribution >= 4 is 5.91 Å². The van der Waals surface area contributed by atoms with Crippen LogP contribution in [0.3, 0.4) is 0 Å². The van der Waals surface area contributed by atoms with E-state index in [2.05, 4.69) is 9.97 Å². The van der Waals surface area contributed by atoms with Crippen LogP contribution in [0.25, 0.3) is 0 Å². The molecule has 1 saturated heterocycles. The highest BCUT2D eigenvalue weighted by Gasteiger charge is 2.22. The molecule has 3 N–H and O–H groups in total. The van der Waals surface area contributed by atoms with Gasteiger partial charge in [-0.05, 0) is 26.2 Å². The number of piperidine rings is 1. The molecular formula is C13H19N3O4. The molecule has 0 aromatic carbocycles. The average Bonchev–Trinajstić information content (AvgIpc) is 2.37. The van der Waals surface area contributed by atoms with Crippen LogP contribution in [-0.4, -0.2) is 45.1 Å². The Morgan fingerprint density at radius 1 is 1.40 bits per heavy atom. The third-order valence-corrected chi connectivity index (χ3v) is 3.59. The minimum atomic E-state index is -0.540. The first-order valence-electron chi connectivity index (χ1n) is 6.75. The van der Waals surface area contributed by atoms with Gasteiger partial charge < -0.3 is 15.0 Å². The molecule has 0 radical (unpaired) electrons. The molecule has 1 aliphatic heterocycles. The molecule has 0 bridgehead atoms. The van der Waals surface area contributed by atoms with Gasteiger partial charge in [0.05, 0.1) is 6.10 Å². The van der Waals surface area contributed by atoms with E-state index in [-0.39, 0.29) is 18.7 Å². The van der Waals surface area contributed by atoms with E-state index in [9.17, 15) is 19.5 Å². The summed E-state index contributed by atoms with van der Waals surface area (Å²) in [6, 6.07) is 0. The van der Waals surface area contributed by atoms with Crippen molar-refractivity contribution in [3.63, 3.8) is 0 Å². The number of aliphatic hydroxyl groups excluding tert-OH is 1. The Bertz CT molecular complexity index is 604. The maximum atomic E-state index is 12.0. The van der Waals surface area contributed by atoms with Crippen molar-refractivity contribution in [2.75, 3.05) is 13.1 Å². The number of H-pyrrole nitrogens is 2. The summed E-state index contributed by atoms with van der Waals surface area (Å²) in [5.74, 6) is -0.0752. The number of rotatable bonds is 3. The third-order valence-electron chi connectivity index (χ3n) is 3.59. The highest BCUT2D eigenvalue weighted by atomic mass is 16.3. The lowest BCUT2D eigenvalue weighted by atomic mass is 10.1. The Labute approximate surface area is 115 Å². The molecule has 7 heteroatoms. The molecule has 110 valence electrons. The molecule has 1 aliphatic rings. The van der Waals surface area contributed by atoms with Crippen molar-refractivity contribution in [3.8, 4) is 0 Å². The van der Waals surface area contributed by atoms with E-state index in [1.165, 1.54) is 0 Å². The predicted molar refractivity (Wildman–Crippen MR) is 72.6 cm³/mol. The van der Waals surface area contributed by atoms with E-state index in [1.807, 2.05) is 0 Å². The first-order chi connectivity index (χ1) is 9.47. The second kappa shape index (κ2) is 6.04. The van der Waals surface area contributed by atoms with E-state index in [1.54, 1.807) is 11.8 Å². The number of carbonyl (C=O) groups is 1. The Kier molecular flexibility index (Phi) is 4.39. The van der Waals surface area contributed by atoms with Gasteiger partial charge >= 0.3 is 5.69 Å². The maximum absolute atomic E-state index is 12.0. The normalized spacial score (nSPS) is 19.1. The van der Waals surface area contributed by atoms with Crippen LogP contribution in [0, 0.1) is 6.92 Å². The fraction of sp³-hybridized carbons (Fsp3) is 0.615. The number of nitrogens with zero attached hydrogens (tertiary/aromatic N) is 1. The average molecular weight is 281 g/mol. The second-order valence-electron chi connectivity index (χ2n) is 5.15. The third kappa shape index (κ3) is 3.36. The number of nitrogens with one attached hydrogen (secondary N) is 2. The lowest BCUT2D eigenvalue weighted by molar-refractivity contribution is -0.134. The number of hydrogen-bond donors (Lipinski definition) is 3. The molecule has 1 fully saturated rings. The fourth-order valence-corrected chi connectivity index (χ4v) is 2.50. The van der Waals surface area contributed by atoms with Gasteiger partial charge in [-0.25, -0.2) is 4.79 Å². The van der Waals surface area contributed by atoms with Gasteiger partial charge in [0.25, 0.3) is 5.56 Å². The van der Waals surface area contributed by atoms with Crippen LogP contribution >= 0.6 is 0 Å². The maximum Gasteiger partial charge on any atom is 0.325 e. The van der Waals surface area contributed by atoms with Crippen molar-refractivity contribution in [1.82, 2.24) is 14.9 Å². The molecule has 0 spiro atoms. The van der Waals surface area contributed by atoms with Crippen molar-refractivity contribution < 1.29 is 9.90 Å². The number of β-amino-alcohol motifs (C(OH)–C–C–N with tert-alkyl or cyclic N) is 1. The van der Waals surface area contributed by atoms with E-state index in [4.69, 9.17) is 0 Å². The van der Waals surface area contributed by atoms with Crippen molar-refractivity contribution in [1.29, 1.82) is 0 Å². The number of amides is 1. The van der Waals surface area contributed by atoms with Crippen molar-refractivity contribution in [2.24, 2.45) is 0 Å². The largest absolute Gasteiger partial charge is 0.391 e. The molecule has 20 heavy (non-hydrogen) atoms. The first-order valence-corrected chi connectivity index (χ1v) is 6.75. The molecule has 1 aromatic heterocycles. The van der Waals surface area contributed by atoms with E-state index in [0.29, 0.717) is 24.3 Å².